The maximum atomic E-state index is 11.7. The molecule has 3 aliphatic rings. The van der Waals surface area contributed by atoms with Gasteiger partial charge in [0.05, 0.1) is 37.1 Å². The molecule has 2 heterocycles. The Hall–Kier alpha value is -0.600. The predicted octanol–water partition coefficient (Wildman–Crippen LogP) is -6.03. The highest BCUT2D eigenvalue weighted by Crippen LogP contribution is 2.36. The van der Waals surface area contributed by atoms with E-state index in [2.05, 4.69) is 10.6 Å². The second-order valence-corrected chi connectivity index (χ2v) is 11.0. The molecular weight excluding hydrogens is 516 g/mol. The van der Waals surface area contributed by atoms with Crippen molar-refractivity contribution in [1.82, 2.24) is 10.6 Å². The topological polar surface area (TPSA) is 277 Å². The molecule has 0 amide bonds. The quantitative estimate of drug-likeness (QED) is 0.0924. The number of hydrogen-bond donors (Lipinski definition) is 12. The third-order valence-electron chi connectivity index (χ3n) is 8.12. The Morgan fingerprint density at radius 1 is 0.974 bits per heavy atom. The van der Waals surface area contributed by atoms with Crippen LogP contribution >= 0.6 is 0 Å². The van der Waals surface area contributed by atoms with Crippen molar-refractivity contribution in [1.29, 1.82) is 0 Å². The lowest BCUT2D eigenvalue weighted by Gasteiger charge is -2.51. The molecule has 0 spiro atoms. The standard InChI is InChI=1S/C24H50N6O9/c25-7-11(33)8-30-15-6-14(27)17(22-13(26)3-2-12(37-22)9-29-4-1-5-31)20(35)23(15)39-24-21(36)18(28)19(34)16(10-32)38-24/h11-24,29-36H,1-10,25-28H2. The average Bonchev–Trinajstić information content (AvgIpc) is 2.92. The van der Waals surface area contributed by atoms with Crippen molar-refractivity contribution in [2.24, 2.45) is 28.9 Å². The Kier molecular flexibility index (Phi) is 13.1. The van der Waals surface area contributed by atoms with Gasteiger partial charge in [-0.25, -0.2) is 0 Å². The molecule has 0 bridgehead atoms. The van der Waals surface area contributed by atoms with Gasteiger partial charge in [0.1, 0.15) is 24.4 Å². The van der Waals surface area contributed by atoms with Gasteiger partial charge in [-0.2, -0.15) is 0 Å². The number of ether oxygens (including phenoxy) is 3. The fourth-order valence-corrected chi connectivity index (χ4v) is 5.79. The Labute approximate surface area is 229 Å². The molecule has 230 valence electrons. The molecule has 14 unspecified atom stereocenters. The van der Waals surface area contributed by atoms with Crippen LogP contribution < -0.4 is 33.6 Å². The molecule has 14 atom stereocenters. The zero-order valence-electron chi connectivity index (χ0n) is 22.4. The van der Waals surface area contributed by atoms with Gasteiger partial charge in [-0.15, -0.1) is 0 Å². The van der Waals surface area contributed by atoms with Crippen LogP contribution in [0.25, 0.3) is 0 Å². The minimum absolute atomic E-state index is 0.0242. The predicted molar refractivity (Wildman–Crippen MR) is 140 cm³/mol. The third kappa shape index (κ3) is 8.24. The molecular formula is C24H50N6O9. The van der Waals surface area contributed by atoms with E-state index in [1.165, 1.54) is 0 Å². The first-order chi connectivity index (χ1) is 18.6. The number of aliphatic hydroxyl groups is 6. The summed E-state index contributed by atoms with van der Waals surface area (Å²) in [4.78, 5) is 0. The summed E-state index contributed by atoms with van der Waals surface area (Å²) in [6, 6.07) is -2.66. The van der Waals surface area contributed by atoms with Gasteiger partial charge in [0.15, 0.2) is 6.29 Å². The smallest absolute Gasteiger partial charge is 0.186 e. The van der Waals surface area contributed by atoms with Crippen molar-refractivity contribution in [3.05, 3.63) is 0 Å². The molecule has 0 aromatic rings. The van der Waals surface area contributed by atoms with Crippen LogP contribution in [-0.4, -0.2) is 149 Å². The van der Waals surface area contributed by atoms with Gasteiger partial charge in [-0.3, -0.25) is 0 Å². The lowest BCUT2D eigenvalue weighted by Crippen LogP contribution is -2.69. The number of aliphatic hydroxyl groups excluding tert-OH is 6. The number of hydrogen-bond acceptors (Lipinski definition) is 15. The molecule has 2 aliphatic heterocycles. The molecule has 3 fully saturated rings. The Morgan fingerprint density at radius 2 is 1.72 bits per heavy atom. The summed E-state index contributed by atoms with van der Waals surface area (Å²) in [6.07, 6.45) is -6.67. The first-order valence-electron chi connectivity index (χ1n) is 13.9. The fourth-order valence-electron chi connectivity index (χ4n) is 5.79. The van der Waals surface area contributed by atoms with Gasteiger partial charge in [-0.1, -0.05) is 0 Å². The van der Waals surface area contributed by atoms with E-state index in [4.69, 9.17) is 42.3 Å². The van der Waals surface area contributed by atoms with Gasteiger partial charge < -0.3 is 78.4 Å². The average molecular weight is 567 g/mol. The van der Waals surface area contributed by atoms with Gasteiger partial charge in [0, 0.05) is 50.3 Å². The summed E-state index contributed by atoms with van der Waals surface area (Å²) in [7, 11) is 0. The number of nitrogens with two attached hydrogens (primary N) is 4. The number of nitrogens with one attached hydrogen (secondary N) is 2. The van der Waals surface area contributed by atoms with Crippen LogP contribution in [0.3, 0.4) is 0 Å². The Balaban J connectivity index is 1.79. The molecule has 1 saturated carbocycles. The maximum absolute atomic E-state index is 11.7. The highest BCUT2D eigenvalue weighted by Gasteiger charge is 2.52. The molecule has 2 saturated heterocycles. The molecule has 16 N–H and O–H groups in total. The van der Waals surface area contributed by atoms with E-state index in [0.29, 0.717) is 32.4 Å². The van der Waals surface area contributed by atoms with Crippen LogP contribution in [-0.2, 0) is 14.2 Å². The van der Waals surface area contributed by atoms with Crippen LogP contribution in [0.2, 0.25) is 0 Å². The zero-order chi connectivity index (χ0) is 28.7. The summed E-state index contributed by atoms with van der Waals surface area (Å²) >= 11 is 0. The van der Waals surface area contributed by atoms with Gasteiger partial charge in [0.2, 0.25) is 0 Å². The summed E-state index contributed by atoms with van der Waals surface area (Å²) in [5.74, 6) is -0.628. The van der Waals surface area contributed by atoms with Crippen LogP contribution in [0.1, 0.15) is 25.7 Å². The molecule has 1 aliphatic carbocycles. The minimum Gasteiger partial charge on any atom is -0.396 e. The van der Waals surface area contributed by atoms with E-state index in [-0.39, 0.29) is 31.8 Å². The Bertz CT molecular complexity index is 715. The monoisotopic (exact) mass is 566 g/mol. The Morgan fingerprint density at radius 3 is 2.38 bits per heavy atom. The molecule has 3 rings (SSSR count). The normalized spacial score (nSPS) is 44.3. The highest BCUT2D eigenvalue weighted by atomic mass is 16.7. The van der Waals surface area contributed by atoms with Crippen molar-refractivity contribution in [2.75, 3.05) is 39.4 Å². The first kappa shape index (κ1) is 32.9. The van der Waals surface area contributed by atoms with E-state index >= 15 is 0 Å². The highest BCUT2D eigenvalue weighted by molar-refractivity contribution is 5.05. The summed E-state index contributed by atoms with van der Waals surface area (Å²) in [6.45, 7) is 0.884. The first-order valence-corrected chi connectivity index (χ1v) is 13.9. The van der Waals surface area contributed by atoms with Crippen molar-refractivity contribution in [3.63, 3.8) is 0 Å². The van der Waals surface area contributed by atoms with E-state index in [0.717, 1.165) is 6.42 Å². The molecule has 39 heavy (non-hydrogen) atoms. The van der Waals surface area contributed by atoms with Crippen molar-refractivity contribution in [2.45, 2.75) is 105 Å². The van der Waals surface area contributed by atoms with Crippen LogP contribution in [0, 0.1) is 5.92 Å². The van der Waals surface area contributed by atoms with Crippen LogP contribution in [0.15, 0.2) is 0 Å². The summed E-state index contributed by atoms with van der Waals surface area (Å²) in [5.41, 5.74) is 24.6. The third-order valence-corrected chi connectivity index (χ3v) is 8.12. The van der Waals surface area contributed by atoms with E-state index in [9.17, 15) is 25.5 Å². The molecule has 0 radical (unpaired) electrons. The minimum atomic E-state index is -1.44. The second kappa shape index (κ2) is 15.6. The van der Waals surface area contributed by atoms with Gasteiger partial charge >= 0.3 is 0 Å². The van der Waals surface area contributed by atoms with E-state index in [1.54, 1.807) is 0 Å². The summed E-state index contributed by atoms with van der Waals surface area (Å²) < 4.78 is 18.1. The van der Waals surface area contributed by atoms with E-state index < -0.39 is 79.7 Å². The fraction of sp³-hybridized carbons (Fsp3) is 1.00. The molecule has 0 aromatic carbocycles. The molecule has 15 heteroatoms. The largest absolute Gasteiger partial charge is 0.396 e. The van der Waals surface area contributed by atoms with E-state index in [1.807, 2.05) is 0 Å². The van der Waals surface area contributed by atoms with Crippen molar-refractivity contribution < 1.29 is 44.8 Å². The van der Waals surface area contributed by atoms with Gasteiger partial charge in [0.25, 0.3) is 0 Å². The molecule has 15 nitrogen and oxygen atoms in total. The molecule has 0 aromatic heterocycles. The maximum Gasteiger partial charge on any atom is 0.186 e. The zero-order valence-corrected chi connectivity index (χ0v) is 22.4. The van der Waals surface area contributed by atoms with Gasteiger partial charge in [-0.05, 0) is 32.2 Å². The van der Waals surface area contributed by atoms with Crippen LogP contribution in [0.5, 0.6) is 0 Å². The van der Waals surface area contributed by atoms with Crippen molar-refractivity contribution in [3.8, 4) is 0 Å². The second-order valence-electron chi connectivity index (χ2n) is 11.0. The SMILES string of the molecule is NCC(O)CNC1CC(N)C(C2OC(CNCCCO)CCC2N)C(O)C1OC1OC(CO)C(O)C(N)C1O. The lowest BCUT2D eigenvalue weighted by molar-refractivity contribution is -0.306. The van der Waals surface area contributed by atoms with Crippen molar-refractivity contribution >= 4 is 0 Å². The van der Waals surface area contributed by atoms with Crippen LogP contribution in [0.4, 0.5) is 0 Å². The summed E-state index contributed by atoms with van der Waals surface area (Å²) in [5, 5.41) is 67.6. The lowest BCUT2D eigenvalue weighted by atomic mass is 9.72. The number of rotatable bonds is 13.